The average Bonchev–Trinajstić information content (AvgIpc) is 2.37. The highest BCUT2D eigenvalue weighted by Crippen LogP contribution is 2.27. The van der Waals surface area contributed by atoms with Crippen LogP contribution in [-0.2, 0) is 9.53 Å². The maximum absolute atomic E-state index is 12.9. The second-order valence-electron chi connectivity index (χ2n) is 5.47. The number of rotatable bonds is 11. The molecule has 0 saturated heterocycles. The zero-order chi connectivity index (χ0) is 15.6. The molecule has 5 heteroatoms. The van der Waals surface area contributed by atoms with Crippen LogP contribution in [0.2, 0.25) is 0 Å². The molecule has 0 bridgehead atoms. The van der Waals surface area contributed by atoms with E-state index in [-0.39, 0.29) is 11.2 Å². The van der Waals surface area contributed by atoms with Gasteiger partial charge in [-0.15, -0.1) is 0 Å². The number of ether oxygens (including phenoxy) is 1. The van der Waals surface area contributed by atoms with Crippen molar-refractivity contribution in [2.24, 2.45) is 5.92 Å². The van der Waals surface area contributed by atoms with Crippen molar-refractivity contribution in [2.45, 2.75) is 71.0 Å². The quantitative estimate of drug-likeness (QED) is 0.400. The van der Waals surface area contributed by atoms with E-state index in [4.69, 9.17) is 4.74 Å². The first kappa shape index (κ1) is 19.7. The van der Waals surface area contributed by atoms with Crippen LogP contribution in [0.3, 0.4) is 0 Å². The summed E-state index contributed by atoms with van der Waals surface area (Å²) >= 11 is 1.67. The Labute approximate surface area is 126 Å². The summed E-state index contributed by atoms with van der Waals surface area (Å²) in [6.07, 6.45) is 3.63. The standard InChI is InChI=1S/C15H28F2O2S/c1-5-6-9-14(18)19-11-13(3)20-10-7-8-12(2)15(4,16)17/h12-13H,5-11H2,1-4H3. The third-order valence-corrected chi connectivity index (χ3v) is 4.49. The molecule has 0 aromatic heterocycles. The highest BCUT2D eigenvalue weighted by molar-refractivity contribution is 7.99. The summed E-state index contributed by atoms with van der Waals surface area (Å²) in [5.74, 6) is -2.48. The highest BCUT2D eigenvalue weighted by atomic mass is 32.2. The number of alkyl halides is 2. The molecule has 0 amide bonds. The van der Waals surface area contributed by atoms with Crippen molar-refractivity contribution in [3.8, 4) is 0 Å². The third-order valence-electron chi connectivity index (χ3n) is 3.26. The lowest BCUT2D eigenvalue weighted by atomic mass is 10.00. The Morgan fingerprint density at radius 1 is 1.30 bits per heavy atom. The third kappa shape index (κ3) is 10.5. The van der Waals surface area contributed by atoms with Crippen molar-refractivity contribution >= 4 is 17.7 Å². The molecule has 0 N–H and O–H groups in total. The number of unbranched alkanes of at least 4 members (excludes halogenated alkanes) is 1. The van der Waals surface area contributed by atoms with Crippen molar-refractivity contribution in [1.29, 1.82) is 0 Å². The Hall–Kier alpha value is -0.320. The van der Waals surface area contributed by atoms with Gasteiger partial charge in [0.15, 0.2) is 0 Å². The smallest absolute Gasteiger partial charge is 0.305 e. The lowest BCUT2D eigenvalue weighted by molar-refractivity contribution is -0.143. The van der Waals surface area contributed by atoms with Gasteiger partial charge < -0.3 is 4.74 Å². The van der Waals surface area contributed by atoms with Gasteiger partial charge in [0.2, 0.25) is 5.92 Å². The molecule has 0 heterocycles. The fraction of sp³-hybridized carbons (Fsp3) is 0.933. The van der Waals surface area contributed by atoms with Gasteiger partial charge in [0.05, 0.1) is 0 Å². The molecule has 20 heavy (non-hydrogen) atoms. The number of halogens is 2. The van der Waals surface area contributed by atoms with E-state index in [1.165, 1.54) is 0 Å². The van der Waals surface area contributed by atoms with Gasteiger partial charge in [0.1, 0.15) is 6.61 Å². The van der Waals surface area contributed by atoms with Gasteiger partial charge in [-0.05, 0) is 38.9 Å². The summed E-state index contributed by atoms with van der Waals surface area (Å²) in [6, 6.07) is 0. The Morgan fingerprint density at radius 2 is 1.95 bits per heavy atom. The SMILES string of the molecule is CCCCC(=O)OCC(C)SCCCC(C)C(C)(F)F. The summed E-state index contributed by atoms with van der Waals surface area (Å²) in [6.45, 7) is 7.00. The van der Waals surface area contributed by atoms with Gasteiger partial charge in [0, 0.05) is 17.6 Å². The minimum Gasteiger partial charge on any atom is -0.465 e. The Morgan fingerprint density at radius 3 is 2.50 bits per heavy atom. The minimum absolute atomic E-state index is 0.140. The Kier molecular flexibility index (Phi) is 10.2. The summed E-state index contributed by atoms with van der Waals surface area (Å²) < 4.78 is 31.1. The number of hydrogen-bond donors (Lipinski definition) is 0. The van der Waals surface area contributed by atoms with Crippen LogP contribution in [0.4, 0.5) is 8.78 Å². The zero-order valence-corrected chi connectivity index (χ0v) is 13.9. The molecule has 0 aromatic rings. The molecular weight excluding hydrogens is 282 g/mol. The first-order chi connectivity index (χ1) is 9.27. The van der Waals surface area contributed by atoms with Crippen LogP contribution in [0.5, 0.6) is 0 Å². The van der Waals surface area contributed by atoms with Crippen LogP contribution in [0, 0.1) is 5.92 Å². The van der Waals surface area contributed by atoms with Gasteiger partial charge in [-0.25, -0.2) is 8.78 Å². The molecule has 120 valence electrons. The summed E-state index contributed by atoms with van der Waals surface area (Å²) in [7, 11) is 0. The van der Waals surface area contributed by atoms with Crippen molar-refractivity contribution in [3.05, 3.63) is 0 Å². The van der Waals surface area contributed by atoms with Crippen molar-refractivity contribution in [1.82, 2.24) is 0 Å². The topological polar surface area (TPSA) is 26.3 Å². The van der Waals surface area contributed by atoms with Gasteiger partial charge in [-0.3, -0.25) is 4.79 Å². The number of hydrogen-bond acceptors (Lipinski definition) is 3. The molecule has 2 nitrogen and oxygen atoms in total. The number of carbonyl (C=O) groups excluding carboxylic acids is 1. The molecule has 0 spiro atoms. The molecule has 0 aliphatic heterocycles. The van der Waals surface area contributed by atoms with Crippen LogP contribution in [0.25, 0.3) is 0 Å². The van der Waals surface area contributed by atoms with Crippen molar-refractivity contribution in [3.63, 3.8) is 0 Å². The van der Waals surface area contributed by atoms with E-state index in [1.807, 2.05) is 13.8 Å². The number of carbonyl (C=O) groups is 1. The van der Waals surface area contributed by atoms with E-state index in [1.54, 1.807) is 18.7 Å². The molecule has 0 saturated carbocycles. The molecule has 0 rings (SSSR count). The second kappa shape index (κ2) is 10.4. The molecule has 0 fully saturated rings. The van der Waals surface area contributed by atoms with Crippen LogP contribution in [0.1, 0.15) is 59.8 Å². The lowest BCUT2D eigenvalue weighted by Gasteiger charge is -2.19. The molecule has 2 atom stereocenters. The van der Waals surface area contributed by atoms with Gasteiger partial charge in [-0.1, -0.05) is 20.3 Å². The van der Waals surface area contributed by atoms with Gasteiger partial charge in [-0.2, -0.15) is 11.8 Å². The molecule has 0 radical (unpaired) electrons. The van der Waals surface area contributed by atoms with Crippen LogP contribution in [-0.4, -0.2) is 29.5 Å². The maximum atomic E-state index is 12.9. The molecular formula is C15H28F2O2S. The van der Waals surface area contributed by atoms with Crippen LogP contribution < -0.4 is 0 Å². The molecule has 0 aliphatic carbocycles. The van der Waals surface area contributed by atoms with E-state index in [0.717, 1.165) is 31.9 Å². The van der Waals surface area contributed by atoms with Crippen molar-refractivity contribution in [2.75, 3.05) is 12.4 Å². The van der Waals surface area contributed by atoms with E-state index >= 15 is 0 Å². The van der Waals surface area contributed by atoms with E-state index in [9.17, 15) is 13.6 Å². The summed E-state index contributed by atoms with van der Waals surface area (Å²) in [5, 5.41) is 0.220. The monoisotopic (exact) mass is 310 g/mol. The van der Waals surface area contributed by atoms with Gasteiger partial charge in [0.25, 0.3) is 0 Å². The minimum atomic E-state index is -2.59. The van der Waals surface area contributed by atoms with E-state index in [0.29, 0.717) is 19.4 Å². The van der Waals surface area contributed by atoms with E-state index < -0.39 is 11.8 Å². The maximum Gasteiger partial charge on any atom is 0.305 e. The fourth-order valence-corrected chi connectivity index (χ4v) is 2.48. The summed E-state index contributed by atoms with van der Waals surface area (Å²) in [5.41, 5.74) is 0. The Balaban J connectivity index is 3.59. The zero-order valence-electron chi connectivity index (χ0n) is 13.1. The first-order valence-electron chi connectivity index (χ1n) is 7.42. The van der Waals surface area contributed by atoms with Crippen LogP contribution >= 0.6 is 11.8 Å². The number of esters is 1. The fourth-order valence-electron chi connectivity index (χ4n) is 1.58. The molecule has 0 aromatic carbocycles. The molecule has 0 aliphatic rings. The number of thioether (sulfide) groups is 1. The van der Waals surface area contributed by atoms with Crippen molar-refractivity contribution < 1.29 is 18.3 Å². The largest absolute Gasteiger partial charge is 0.465 e. The highest BCUT2D eigenvalue weighted by Gasteiger charge is 2.29. The molecule has 2 unspecified atom stereocenters. The predicted octanol–water partition coefficient (Wildman–Crippen LogP) is 4.91. The first-order valence-corrected chi connectivity index (χ1v) is 8.47. The normalized spacial score (nSPS) is 14.9. The van der Waals surface area contributed by atoms with E-state index in [2.05, 4.69) is 0 Å². The lowest BCUT2D eigenvalue weighted by Crippen LogP contribution is -2.21. The average molecular weight is 310 g/mol. The van der Waals surface area contributed by atoms with Gasteiger partial charge >= 0.3 is 5.97 Å². The Bertz CT molecular complexity index is 267. The summed E-state index contributed by atoms with van der Waals surface area (Å²) in [4.78, 5) is 11.3. The second-order valence-corrected chi connectivity index (χ2v) is 7.01. The van der Waals surface area contributed by atoms with Crippen LogP contribution in [0.15, 0.2) is 0 Å². The predicted molar refractivity (Wildman–Crippen MR) is 81.4 cm³/mol.